The van der Waals surface area contributed by atoms with E-state index < -0.39 is 0 Å². The monoisotopic (exact) mass is 690 g/mol. The number of fused-ring (bicyclic) bond motifs is 1. The Hall–Kier alpha value is -0.218. The first-order chi connectivity index (χ1) is 14.0. The third kappa shape index (κ3) is 4.09. The molecule has 0 radical (unpaired) electrons. The van der Waals surface area contributed by atoms with Crippen LogP contribution in [0.4, 0.5) is 5.82 Å². The number of nitrogens with zero attached hydrogens (tertiary/aromatic N) is 6. The molecule has 0 aromatic carbocycles. The molecule has 2 aromatic heterocycles. The summed E-state index contributed by atoms with van der Waals surface area (Å²) in [6.45, 7) is 5.02. The van der Waals surface area contributed by atoms with Crippen molar-refractivity contribution < 1.29 is 35.9 Å². The topological polar surface area (TPSA) is 67.3 Å². The van der Waals surface area contributed by atoms with Crippen molar-refractivity contribution in [1.82, 2.24) is 24.8 Å². The second-order valence-corrected chi connectivity index (χ2v) is 9.64. The van der Waals surface area contributed by atoms with Gasteiger partial charge in [0.1, 0.15) is 11.9 Å². The molecule has 2 aromatic rings. The molecule has 1 aliphatic carbocycles. The quantitative estimate of drug-likeness (QED) is 0.454. The minimum atomic E-state index is 0. The molecule has 0 bridgehead atoms. The predicted molar refractivity (Wildman–Crippen MR) is 116 cm³/mol. The van der Waals surface area contributed by atoms with Crippen molar-refractivity contribution in [1.29, 1.82) is 0 Å². The second kappa shape index (κ2) is 8.96. The van der Waals surface area contributed by atoms with Crippen LogP contribution in [0.3, 0.4) is 0 Å². The third-order valence-corrected chi connectivity index (χ3v) is 7.35. The first-order valence-electron chi connectivity index (χ1n) is 9.94. The van der Waals surface area contributed by atoms with Gasteiger partial charge in [0, 0.05) is 80.4 Å². The summed E-state index contributed by atoms with van der Waals surface area (Å²) in [4.78, 5) is 11.0. The van der Waals surface area contributed by atoms with Crippen LogP contribution in [0, 0.1) is 36.5 Å². The largest absolute Gasteiger partial charge is 0.490 e. The molecule has 158 valence electrons. The van der Waals surface area contributed by atoms with Gasteiger partial charge in [-0.1, -0.05) is 27.9 Å². The van der Waals surface area contributed by atoms with Gasteiger partial charge in [0.05, 0.1) is 5.69 Å². The molecule has 1 saturated heterocycles. The standard InChI is InChI=1S/C19H23Cl2N6OP.U/c1-2-13-15-12(4-6-27(13)29)22-5-3-14(15)28-11-7-19(8-11)9-26(10-19)17-16(20)24-25-18(21)23-17;/h3,5,11,13H,2,4,6-10,29H2,1H3;. The molecule has 2 atom stereocenters. The number of pyridine rings is 1. The zero-order valence-electron chi connectivity index (χ0n) is 16.7. The van der Waals surface area contributed by atoms with Gasteiger partial charge in [0.15, 0.2) is 11.0 Å². The number of aromatic nitrogens is 4. The zero-order valence-corrected chi connectivity index (χ0v) is 23.5. The summed E-state index contributed by atoms with van der Waals surface area (Å²) in [6, 6.07) is 2.37. The van der Waals surface area contributed by atoms with Gasteiger partial charge >= 0.3 is 0 Å². The van der Waals surface area contributed by atoms with Gasteiger partial charge in [0.2, 0.25) is 5.28 Å². The average Bonchev–Trinajstić information content (AvgIpc) is 2.65. The Labute approximate surface area is 212 Å². The third-order valence-electron chi connectivity index (χ3n) is 6.33. The van der Waals surface area contributed by atoms with Crippen molar-refractivity contribution in [3.63, 3.8) is 0 Å². The molecule has 1 saturated carbocycles. The van der Waals surface area contributed by atoms with Crippen LogP contribution in [-0.2, 0) is 6.42 Å². The van der Waals surface area contributed by atoms with Crippen LogP contribution in [0.2, 0.25) is 10.4 Å². The van der Waals surface area contributed by atoms with E-state index in [1.165, 1.54) is 11.3 Å². The Morgan fingerprint density at radius 3 is 2.77 bits per heavy atom. The van der Waals surface area contributed by atoms with E-state index in [0.29, 0.717) is 17.0 Å². The summed E-state index contributed by atoms with van der Waals surface area (Å²) in [6.07, 6.45) is 6.19. The number of halogens is 2. The maximum Gasteiger partial charge on any atom is 0.245 e. The number of rotatable bonds is 4. The molecule has 7 nitrogen and oxygen atoms in total. The maximum atomic E-state index is 6.46. The fourth-order valence-corrected chi connectivity index (χ4v) is 5.78. The smallest absolute Gasteiger partial charge is 0.245 e. The van der Waals surface area contributed by atoms with E-state index in [1.54, 1.807) is 0 Å². The molecular formula is C19H23Cl2N6OPU. The molecule has 0 N–H and O–H groups in total. The molecule has 1 spiro atoms. The summed E-state index contributed by atoms with van der Waals surface area (Å²) >= 11 is 12.0. The van der Waals surface area contributed by atoms with Crippen LogP contribution in [-0.4, -0.2) is 50.6 Å². The molecule has 2 fully saturated rings. The first kappa shape index (κ1) is 23.0. The van der Waals surface area contributed by atoms with Crippen LogP contribution in [0.15, 0.2) is 12.3 Å². The van der Waals surface area contributed by atoms with E-state index in [4.69, 9.17) is 27.9 Å². The van der Waals surface area contributed by atoms with Crippen molar-refractivity contribution in [3.05, 3.63) is 34.0 Å². The van der Waals surface area contributed by atoms with Crippen molar-refractivity contribution in [2.24, 2.45) is 5.41 Å². The van der Waals surface area contributed by atoms with E-state index in [9.17, 15) is 0 Å². The van der Waals surface area contributed by atoms with Gasteiger partial charge in [-0.25, -0.2) is 0 Å². The summed E-state index contributed by atoms with van der Waals surface area (Å²) in [5.74, 6) is 1.62. The van der Waals surface area contributed by atoms with Gasteiger partial charge in [-0.3, -0.25) is 9.65 Å². The first-order valence-corrected chi connectivity index (χ1v) is 11.2. The summed E-state index contributed by atoms with van der Waals surface area (Å²) in [5, 5.41) is 7.95. The predicted octanol–water partition coefficient (Wildman–Crippen LogP) is 3.72. The Balaban J connectivity index is 0.00000218. The average molecular weight is 691 g/mol. The van der Waals surface area contributed by atoms with E-state index in [2.05, 4.69) is 46.0 Å². The number of ether oxygens (including phenoxy) is 1. The maximum absolute atomic E-state index is 6.46. The normalized spacial score (nSPS) is 22.7. The fourth-order valence-electron chi connectivity index (χ4n) is 4.98. The van der Waals surface area contributed by atoms with Crippen LogP contribution in [0.5, 0.6) is 5.75 Å². The minimum Gasteiger partial charge on any atom is -0.490 e. The van der Waals surface area contributed by atoms with Crippen LogP contribution in [0.1, 0.15) is 43.5 Å². The van der Waals surface area contributed by atoms with E-state index in [1.807, 2.05) is 12.3 Å². The molecule has 2 unspecified atom stereocenters. The number of anilines is 1. The van der Waals surface area contributed by atoms with Gasteiger partial charge in [0.25, 0.3) is 0 Å². The van der Waals surface area contributed by atoms with Gasteiger partial charge in [-0.2, -0.15) is 4.98 Å². The summed E-state index contributed by atoms with van der Waals surface area (Å²) in [5.41, 5.74) is 2.72. The number of hydrogen-bond acceptors (Lipinski definition) is 7. The molecule has 30 heavy (non-hydrogen) atoms. The van der Waals surface area contributed by atoms with Crippen molar-refractivity contribution >= 4 is 38.4 Å². The van der Waals surface area contributed by atoms with Crippen LogP contribution in [0.25, 0.3) is 0 Å². The van der Waals surface area contributed by atoms with Crippen LogP contribution < -0.4 is 9.64 Å². The van der Waals surface area contributed by atoms with Crippen molar-refractivity contribution in [2.75, 3.05) is 24.5 Å². The number of hydrogen-bond donors (Lipinski definition) is 0. The van der Waals surface area contributed by atoms with Gasteiger partial charge in [-0.05, 0) is 36.9 Å². The molecule has 3 aliphatic rings. The Bertz CT molecular complexity index is 939. The Kier molecular flexibility index (Phi) is 6.86. The van der Waals surface area contributed by atoms with Crippen molar-refractivity contribution in [3.8, 4) is 5.75 Å². The zero-order chi connectivity index (χ0) is 20.2. The molecule has 4 heterocycles. The van der Waals surface area contributed by atoms with Gasteiger partial charge in [-0.15, -0.1) is 10.2 Å². The second-order valence-electron chi connectivity index (χ2n) is 8.28. The Morgan fingerprint density at radius 1 is 1.27 bits per heavy atom. The van der Waals surface area contributed by atoms with Crippen molar-refractivity contribution in [2.45, 2.75) is 44.8 Å². The van der Waals surface area contributed by atoms with Gasteiger partial charge < -0.3 is 9.64 Å². The molecule has 0 amide bonds. The Morgan fingerprint density at radius 2 is 2.03 bits per heavy atom. The molecule has 2 aliphatic heterocycles. The van der Waals surface area contributed by atoms with Crippen LogP contribution >= 0.6 is 32.6 Å². The molecule has 5 rings (SSSR count). The fraction of sp³-hybridized carbons (Fsp3) is 0.579. The van der Waals surface area contributed by atoms with E-state index >= 15 is 0 Å². The van der Waals surface area contributed by atoms with E-state index in [0.717, 1.165) is 51.1 Å². The van der Waals surface area contributed by atoms with E-state index in [-0.39, 0.29) is 47.9 Å². The molecular weight excluding hydrogens is 668 g/mol. The minimum absolute atomic E-state index is 0. The summed E-state index contributed by atoms with van der Waals surface area (Å²) < 4.78 is 8.79. The summed E-state index contributed by atoms with van der Waals surface area (Å²) in [7, 11) is 2.86. The SMILES string of the molecule is CCC1c2c(OC3CC4(C3)CN(c3nc(Cl)nnc3Cl)C4)ccnc2CCN1P.[U]. The molecule has 11 heteroatoms.